The van der Waals surface area contributed by atoms with Gasteiger partial charge in [-0.15, -0.1) is 10.2 Å². The van der Waals surface area contributed by atoms with Crippen LogP contribution in [0.4, 0.5) is 0 Å². The molecule has 1 N–H and O–H groups in total. The molecule has 0 saturated heterocycles. The molecule has 6 nitrogen and oxygen atoms in total. The topological polar surface area (TPSA) is 72.2 Å². The van der Waals surface area contributed by atoms with Crippen LogP contribution in [0, 0.1) is 13.8 Å². The summed E-state index contributed by atoms with van der Waals surface area (Å²) in [6.45, 7) is 5.95. The zero-order valence-corrected chi connectivity index (χ0v) is 16.1. The summed E-state index contributed by atoms with van der Waals surface area (Å²) >= 11 is 1.38. The predicted octanol–water partition coefficient (Wildman–Crippen LogP) is 2.97. The molecule has 7 heteroatoms. The molecule has 3 rings (SSSR count). The van der Waals surface area contributed by atoms with Crippen molar-refractivity contribution in [1.29, 1.82) is 0 Å². The minimum absolute atomic E-state index is 0.00466. The van der Waals surface area contributed by atoms with Crippen molar-refractivity contribution in [1.82, 2.24) is 24.9 Å². The lowest BCUT2D eigenvalue weighted by molar-refractivity contribution is -0.119. The Kier molecular flexibility index (Phi) is 5.88. The van der Waals surface area contributed by atoms with Crippen molar-refractivity contribution in [3.63, 3.8) is 0 Å². The van der Waals surface area contributed by atoms with Crippen LogP contribution in [-0.2, 0) is 11.2 Å². The van der Waals surface area contributed by atoms with Gasteiger partial charge in [0.05, 0.1) is 5.75 Å². The first-order valence-electron chi connectivity index (χ1n) is 8.68. The molecule has 136 valence electrons. The van der Waals surface area contributed by atoms with Crippen LogP contribution in [0.25, 0.3) is 5.78 Å². The number of amides is 1. The summed E-state index contributed by atoms with van der Waals surface area (Å²) in [7, 11) is 0. The maximum atomic E-state index is 12.2. The van der Waals surface area contributed by atoms with E-state index in [4.69, 9.17) is 0 Å². The summed E-state index contributed by atoms with van der Waals surface area (Å²) in [5.41, 5.74) is 3.21. The summed E-state index contributed by atoms with van der Waals surface area (Å²) in [5, 5.41) is 12.0. The minimum Gasteiger partial charge on any atom is -0.353 e. The number of hydrogen-bond donors (Lipinski definition) is 1. The second kappa shape index (κ2) is 8.31. The Labute approximate surface area is 157 Å². The summed E-state index contributed by atoms with van der Waals surface area (Å²) in [6.07, 6.45) is 1.87. The molecule has 0 bridgehead atoms. The zero-order valence-electron chi connectivity index (χ0n) is 15.3. The molecule has 26 heavy (non-hydrogen) atoms. The summed E-state index contributed by atoms with van der Waals surface area (Å²) in [4.78, 5) is 16.6. The van der Waals surface area contributed by atoms with Crippen LogP contribution in [0.5, 0.6) is 0 Å². The van der Waals surface area contributed by atoms with E-state index in [1.54, 1.807) is 0 Å². The second-order valence-electron chi connectivity index (χ2n) is 6.44. The maximum Gasteiger partial charge on any atom is 0.256 e. The van der Waals surface area contributed by atoms with Gasteiger partial charge < -0.3 is 5.32 Å². The largest absolute Gasteiger partial charge is 0.353 e. The van der Waals surface area contributed by atoms with E-state index in [0.29, 0.717) is 16.7 Å². The number of hydrogen-bond acceptors (Lipinski definition) is 5. The molecule has 0 fully saturated rings. The first-order valence-corrected chi connectivity index (χ1v) is 9.67. The number of nitrogens with zero attached hydrogens (tertiary/aromatic N) is 4. The highest BCUT2D eigenvalue weighted by Crippen LogP contribution is 2.18. The highest BCUT2D eigenvalue weighted by atomic mass is 32.2. The van der Waals surface area contributed by atoms with Gasteiger partial charge in [-0.25, -0.2) is 4.98 Å². The van der Waals surface area contributed by atoms with Crippen LogP contribution in [0.1, 0.15) is 30.3 Å². The van der Waals surface area contributed by atoms with Gasteiger partial charge in [0, 0.05) is 17.4 Å². The fourth-order valence-corrected chi connectivity index (χ4v) is 3.64. The SMILES string of the molecule is Cc1cc(C)n2c(SCC(=O)N[C@H](C)CCc3ccccc3)nnc2n1. The van der Waals surface area contributed by atoms with Gasteiger partial charge in [-0.3, -0.25) is 9.20 Å². The quantitative estimate of drug-likeness (QED) is 0.648. The Bertz CT molecular complexity index is 894. The van der Waals surface area contributed by atoms with Crippen LogP contribution in [-0.4, -0.2) is 37.3 Å². The van der Waals surface area contributed by atoms with Crippen LogP contribution >= 0.6 is 11.8 Å². The molecule has 0 unspecified atom stereocenters. The van der Waals surface area contributed by atoms with Crippen molar-refractivity contribution in [2.75, 3.05) is 5.75 Å². The number of carbonyl (C=O) groups excluding carboxylic acids is 1. The number of aromatic nitrogens is 4. The standard InChI is InChI=1S/C19H23N5OS/c1-13(9-10-16-7-5-4-6-8-16)20-17(25)12-26-19-23-22-18-21-14(2)11-15(3)24(18)19/h4-8,11,13H,9-10,12H2,1-3H3,(H,20,25)/t13-/m1/s1. The Morgan fingerprint density at radius 2 is 2.00 bits per heavy atom. The number of nitrogens with one attached hydrogen (secondary N) is 1. The molecule has 2 aromatic heterocycles. The summed E-state index contributed by atoms with van der Waals surface area (Å²) < 4.78 is 1.88. The monoisotopic (exact) mass is 369 g/mol. The molecule has 1 aromatic carbocycles. The number of benzene rings is 1. The van der Waals surface area contributed by atoms with E-state index in [0.717, 1.165) is 24.2 Å². The molecule has 2 heterocycles. The highest BCUT2D eigenvalue weighted by Gasteiger charge is 2.13. The van der Waals surface area contributed by atoms with E-state index >= 15 is 0 Å². The fraction of sp³-hybridized carbons (Fsp3) is 0.368. The predicted molar refractivity (Wildman–Crippen MR) is 103 cm³/mol. The molecule has 0 aliphatic heterocycles. The first kappa shape index (κ1) is 18.4. The van der Waals surface area contributed by atoms with Gasteiger partial charge in [0.2, 0.25) is 5.91 Å². The van der Waals surface area contributed by atoms with Crippen LogP contribution in [0.15, 0.2) is 41.6 Å². The third-order valence-electron chi connectivity index (χ3n) is 4.11. The van der Waals surface area contributed by atoms with Crippen LogP contribution in [0.3, 0.4) is 0 Å². The highest BCUT2D eigenvalue weighted by molar-refractivity contribution is 7.99. The normalized spacial score (nSPS) is 12.3. The lowest BCUT2D eigenvalue weighted by Gasteiger charge is -2.13. The van der Waals surface area contributed by atoms with Crippen molar-refractivity contribution >= 4 is 23.4 Å². The van der Waals surface area contributed by atoms with Gasteiger partial charge in [-0.1, -0.05) is 42.1 Å². The van der Waals surface area contributed by atoms with Gasteiger partial charge in [-0.2, -0.15) is 0 Å². The molecule has 0 aliphatic rings. The lowest BCUT2D eigenvalue weighted by Crippen LogP contribution is -2.34. The molecule has 0 aliphatic carbocycles. The zero-order chi connectivity index (χ0) is 18.5. The number of fused-ring (bicyclic) bond motifs is 1. The Morgan fingerprint density at radius 3 is 2.77 bits per heavy atom. The molecule has 1 atom stereocenters. The van der Waals surface area contributed by atoms with E-state index in [1.807, 2.05) is 49.4 Å². The Balaban J connectivity index is 1.51. The van der Waals surface area contributed by atoms with Gasteiger partial charge in [0.25, 0.3) is 5.78 Å². The van der Waals surface area contributed by atoms with Gasteiger partial charge in [0.1, 0.15) is 0 Å². The van der Waals surface area contributed by atoms with E-state index in [9.17, 15) is 4.79 Å². The average Bonchev–Trinajstić information content (AvgIpc) is 3.02. The molecular weight excluding hydrogens is 346 g/mol. The first-order chi connectivity index (χ1) is 12.5. The van der Waals surface area contributed by atoms with Crippen molar-refractivity contribution in [2.24, 2.45) is 0 Å². The average molecular weight is 369 g/mol. The van der Waals surface area contributed by atoms with Crippen molar-refractivity contribution in [3.8, 4) is 0 Å². The number of aryl methyl sites for hydroxylation is 3. The van der Waals surface area contributed by atoms with Crippen molar-refractivity contribution < 1.29 is 4.79 Å². The van der Waals surface area contributed by atoms with E-state index in [-0.39, 0.29) is 11.9 Å². The number of thioether (sulfide) groups is 1. The fourth-order valence-electron chi connectivity index (χ4n) is 2.84. The van der Waals surface area contributed by atoms with E-state index in [2.05, 4.69) is 32.6 Å². The van der Waals surface area contributed by atoms with Crippen LogP contribution in [0.2, 0.25) is 0 Å². The molecule has 0 saturated carbocycles. The lowest BCUT2D eigenvalue weighted by atomic mass is 10.1. The molecule has 1 amide bonds. The smallest absolute Gasteiger partial charge is 0.256 e. The van der Waals surface area contributed by atoms with Crippen molar-refractivity contribution in [3.05, 3.63) is 53.3 Å². The van der Waals surface area contributed by atoms with E-state index in [1.165, 1.54) is 17.3 Å². The minimum atomic E-state index is 0.00466. The van der Waals surface area contributed by atoms with Gasteiger partial charge >= 0.3 is 0 Å². The molecule has 3 aromatic rings. The second-order valence-corrected chi connectivity index (χ2v) is 7.38. The Morgan fingerprint density at radius 1 is 1.23 bits per heavy atom. The van der Waals surface area contributed by atoms with Crippen molar-refractivity contribution in [2.45, 2.75) is 44.8 Å². The van der Waals surface area contributed by atoms with Gasteiger partial charge in [0.15, 0.2) is 5.16 Å². The third-order valence-corrected chi connectivity index (χ3v) is 5.04. The van der Waals surface area contributed by atoms with Gasteiger partial charge in [-0.05, 0) is 45.2 Å². The van der Waals surface area contributed by atoms with Crippen LogP contribution < -0.4 is 5.32 Å². The Hall–Kier alpha value is -2.41. The van der Waals surface area contributed by atoms with E-state index < -0.39 is 0 Å². The third kappa shape index (κ3) is 4.60. The molecule has 0 spiro atoms. The number of rotatable bonds is 7. The molecular formula is C19H23N5OS. The summed E-state index contributed by atoms with van der Waals surface area (Å²) in [5.74, 6) is 0.885. The maximum absolute atomic E-state index is 12.2. The number of carbonyl (C=O) groups is 1. The summed E-state index contributed by atoms with van der Waals surface area (Å²) in [6, 6.07) is 12.4. The molecule has 0 radical (unpaired) electrons.